The maximum Gasteiger partial charge on any atom is 0.269 e. The molecule has 1 aliphatic heterocycles. The van der Waals surface area contributed by atoms with E-state index in [4.69, 9.17) is 9.47 Å². The van der Waals surface area contributed by atoms with Crippen molar-refractivity contribution in [2.24, 2.45) is 0 Å². The minimum absolute atomic E-state index is 0.0103. The van der Waals surface area contributed by atoms with Gasteiger partial charge in [0.05, 0.1) is 4.92 Å². The van der Waals surface area contributed by atoms with E-state index in [0.29, 0.717) is 22.7 Å². The van der Waals surface area contributed by atoms with E-state index in [0.717, 1.165) is 18.4 Å². The van der Waals surface area contributed by atoms with Crippen LogP contribution in [0.5, 0.6) is 11.5 Å². The number of fused-ring (bicyclic) bond motifs is 1. The lowest BCUT2D eigenvalue weighted by atomic mass is 10.1. The van der Waals surface area contributed by atoms with E-state index in [9.17, 15) is 14.9 Å². The number of ether oxygens (including phenoxy) is 2. The third-order valence-corrected chi connectivity index (χ3v) is 3.91. The molecule has 0 aromatic heterocycles. The highest BCUT2D eigenvalue weighted by molar-refractivity contribution is 6.02. The number of hydrogen-bond acceptors (Lipinski definition) is 5. The zero-order valence-electron chi connectivity index (χ0n) is 14.2. The summed E-state index contributed by atoms with van der Waals surface area (Å²) >= 11 is 0. The first kappa shape index (κ1) is 17.5. The van der Waals surface area contributed by atoms with Crippen molar-refractivity contribution in [3.63, 3.8) is 0 Å². The molecule has 0 atom stereocenters. The number of nitro benzene ring substituents is 1. The number of carbonyl (C=O) groups excluding carboxylic acids is 1. The Kier molecular flexibility index (Phi) is 5.17. The van der Waals surface area contributed by atoms with Gasteiger partial charge in [0.15, 0.2) is 11.5 Å². The summed E-state index contributed by atoms with van der Waals surface area (Å²) in [5.74, 6) is 1.01. The van der Waals surface area contributed by atoms with Crippen molar-refractivity contribution in [1.29, 1.82) is 0 Å². The molecule has 7 heteroatoms. The van der Waals surface area contributed by atoms with Crippen molar-refractivity contribution in [1.82, 2.24) is 0 Å². The van der Waals surface area contributed by atoms with Crippen molar-refractivity contribution >= 4 is 23.4 Å². The average molecular weight is 354 g/mol. The molecule has 2 aromatic rings. The fraction of sp³-hybridized carbons (Fsp3) is 0.211. The highest BCUT2D eigenvalue weighted by Gasteiger charge is 2.17. The third-order valence-electron chi connectivity index (χ3n) is 3.91. The molecule has 1 heterocycles. The van der Waals surface area contributed by atoms with Gasteiger partial charge in [-0.2, -0.15) is 0 Å². The molecule has 0 saturated carbocycles. The Balaban J connectivity index is 1.72. The lowest BCUT2D eigenvalue weighted by Gasteiger charge is -2.10. The average Bonchev–Trinajstić information content (AvgIpc) is 3.08. The summed E-state index contributed by atoms with van der Waals surface area (Å²) in [4.78, 5) is 22.4. The summed E-state index contributed by atoms with van der Waals surface area (Å²) in [6.45, 7) is 2.24. The van der Waals surface area contributed by atoms with Gasteiger partial charge in [-0.25, -0.2) is 0 Å². The van der Waals surface area contributed by atoms with Gasteiger partial charge in [-0.15, -0.1) is 0 Å². The molecule has 3 rings (SSSR count). The van der Waals surface area contributed by atoms with Gasteiger partial charge in [0.1, 0.15) is 0 Å². The Bertz CT molecular complexity index is 859. The second kappa shape index (κ2) is 7.69. The first-order valence-corrected chi connectivity index (χ1v) is 8.23. The molecule has 0 unspecified atom stereocenters. The maximum atomic E-state index is 12.2. The Morgan fingerprint density at radius 3 is 2.58 bits per heavy atom. The SMILES string of the molecule is CCCc1cc2c(cc1NC(=O)C=Cc1ccc([N+](=O)[O-])cc1)OCO2. The van der Waals surface area contributed by atoms with Gasteiger partial charge < -0.3 is 14.8 Å². The summed E-state index contributed by atoms with van der Waals surface area (Å²) in [6.07, 6.45) is 4.73. The van der Waals surface area contributed by atoms with Gasteiger partial charge in [-0.1, -0.05) is 13.3 Å². The number of nitrogens with zero attached hydrogens (tertiary/aromatic N) is 1. The van der Waals surface area contributed by atoms with E-state index in [1.165, 1.54) is 18.2 Å². The molecule has 0 fully saturated rings. The predicted octanol–water partition coefficient (Wildman–Crippen LogP) is 3.93. The van der Waals surface area contributed by atoms with Crippen LogP contribution in [-0.4, -0.2) is 17.6 Å². The van der Waals surface area contributed by atoms with Crippen LogP contribution in [0.15, 0.2) is 42.5 Å². The molecule has 0 saturated heterocycles. The summed E-state index contributed by atoms with van der Waals surface area (Å²) in [6, 6.07) is 9.63. The van der Waals surface area contributed by atoms with Crippen LogP contribution in [0.25, 0.3) is 6.08 Å². The van der Waals surface area contributed by atoms with Crippen LogP contribution in [0.4, 0.5) is 11.4 Å². The maximum absolute atomic E-state index is 12.2. The number of hydrogen-bond donors (Lipinski definition) is 1. The van der Waals surface area contributed by atoms with Crippen molar-refractivity contribution < 1.29 is 19.2 Å². The number of aryl methyl sites for hydroxylation is 1. The van der Waals surface area contributed by atoms with Crippen LogP contribution >= 0.6 is 0 Å². The molecule has 1 amide bonds. The molecule has 26 heavy (non-hydrogen) atoms. The molecule has 1 N–H and O–H groups in total. The van der Waals surface area contributed by atoms with Gasteiger partial charge in [0.2, 0.25) is 12.7 Å². The minimum atomic E-state index is -0.463. The molecule has 0 aliphatic carbocycles. The van der Waals surface area contributed by atoms with Gasteiger partial charge in [0.25, 0.3) is 5.69 Å². The molecule has 0 bridgehead atoms. The fourth-order valence-corrected chi connectivity index (χ4v) is 2.63. The van der Waals surface area contributed by atoms with E-state index < -0.39 is 4.92 Å². The van der Waals surface area contributed by atoms with Gasteiger partial charge >= 0.3 is 0 Å². The van der Waals surface area contributed by atoms with E-state index in [1.807, 2.05) is 6.07 Å². The van der Waals surface area contributed by atoms with E-state index >= 15 is 0 Å². The van der Waals surface area contributed by atoms with Gasteiger partial charge in [-0.3, -0.25) is 14.9 Å². The fourth-order valence-electron chi connectivity index (χ4n) is 2.63. The highest BCUT2D eigenvalue weighted by Crippen LogP contribution is 2.37. The van der Waals surface area contributed by atoms with Crippen molar-refractivity contribution in [2.75, 3.05) is 12.1 Å². The van der Waals surface area contributed by atoms with Crippen LogP contribution < -0.4 is 14.8 Å². The Labute approximate surface area is 150 Å². The standard InChI is InChI=1S/C19H18N2O5/c1-2-3-14-10-17-18(26-12-25-17)11-16(14)20-19(22)9-6-13-4-7-15(8-5-13)21(23)24/h4-11H,2-3,12H2,1H3,(H,20,22). The zero-order chi connectivity index (χ0) is 18.5. The van der Waals surface area contributed by atoms with Crippen LogP contribution in [0, 0.1) is 10.1 Å². The molecular formula is C19H18N2O5. The second-order valence-electron chi connectivity index (χ2n) is 5.78. The number of amides is 1. The molecule has 7 nitrogen and oxygen atoms in total. The Morgan fingerprint density at radius 2 is 1.92 bits per heavy atom. The molecule has 0 spiro atoms. The first-order chi connectivity index (χ1) is 12.6. The van der Waals surface area contributed by atoms with Gasteiger partial charge in [-0.05, 0) is 41.8 Å². The quantitative estimate of drug-likeness (QED) is 0.482. The summed E-state index contributed by atoms with van der Waals surface area (Å²) < 4.78 is 10.7. The topological polar surface area (TPSA) is 90.7 Å². The van der Waals surface area contributed by atoms with Crippen molar-refractivity contribution in [2.45, 2.75) is 19.8 Å². The monoisotopic (exact) mass is 354 g/mol. The first-order valence-electron chi connectivity index (χ1n) is 8.23. The van der Waals surface area contributed by atoms with E-state index in [1.54, 1.807) is 24.3 Å². The number of non-ortho nitro benzene ring substituents is 1. The van der Waals surface area contributed by atoms with Gasteiger partial charge in [0, 0.05) is 30.0 Å². The van der Waals surface area contributed by atoms with E-state index in [-0.39, 0.29) is 18.4 Å². The Morgan fingerprint density at radius 1 is 1.23 bits per heavy atom. The smallest absolute Gasteiger partial charge is 0.269 e. The van der Waals surface area contributed by atoms with Crippen LogP contribution in [0.1, 0.15) is 24.5 Å². The third kappa shape index (κ3) is 4.00. The summed E-state index contributed by atoms with van der Waals surface area (Å²) in [5.41, 5.74) is 2.38. The highest BCUT2D eigenvalue weighted by atomic mass is 16.7. The van der Waals surface area contributed by atoms with Crippen molar-refractivity contribution in [3.05, 3.63) is 63.7 Å². The number of carbonyl (C=O) groups is 1. The van der Waals surface area contributed by atoms with Crippen LogP contribution in [0.2, 0.25) is 0 Å². The van der Waals surface area contributed by atoms with E-state index in [2.05, 4.69) is 12.2 Å². The minimum Gasteiger partial charge on any atom is -0.454 e. The van der Waals surface area contributed by atoms with Crippen LogP contribution in [0.3, 0.4) is 0 Å². The second-order valence-corrected chi connectivity index (χ2v) is 5.78. The number of nitro groups is 1. The predicted molar refractivity (Wildman–Crippen MR) is 97.3 cm³/mol. The van der Waals surface area contributed by atoms with Crippen LogP contribution in [-0.2, 0) is 11.2 Å². The zero-order valence-corrected chi connectivity index (χ0v) is 14.2. The summed E-state index contributed by atoms with van der Waals surface area (Å²) in [7, 11) is 0. The van der Waals surface area contributed by atoms with Crippen molar-refractivity contribution in [3.8, 4) is 11.5 Å². The normalized spacial score (nSPS) is 12.3. The molecular weight excluding hydrogens is 336 g/mol. The lowest BCUT2D eigenvalue weighted by molar-refractivity contribution is -0.384. The number of rotatable bonds is 6. The largest absolute Gasteiger partial charge is 0.454 e. The molecule has 0 radical (unpaired) electrons. The Hall–Kier alpha value is -3.35. The number of nitrogens with one attached hydrogen (secondary N) is 1. The molecule has 2 aromatic carbocycles. The molecule has 1 aliphatic rings. The summed E-state index contributed by atoms with van der Waals surface area (Å²) in [5, 5.41) is 13.5. The number of benzene rings is 2. The lowest BCUT2D eigenvalue weighted by Crippen LogP contribution is -2.10. The molecule has 134 valence electrons. The number of anilines is 1.